The molecule has 1 fully saturated rings. The molecule has 0 radical (unpaired) electrons. The highest BCUT2D eigenvalue weighted by Crippen LogP contribution is 2.25. The summed E-state index contributed by atoms with van der Waals surface area (Å²) in [5.41, 5.74) is 2.74. The zero-order valence-electron chi connectivity index (χ0n) is 20.7. The van der Waals surface area contributed by atoms with Crippen molar-refractivity contribution in [3.8, 4) is 0 Å². The van der Waals surface area contributed by atoms with Gasteiger partial charge < -0.3 is 5.32 Å². The summed E-state index contributed by atoms with van der Waals surface area (Å²) in [6.45, 7) is 8.63. The molecule has 33 heavy (non-hydrogen) atoms. The molecular weight excluding hydrogens is 448 g/mol. The Morgan fingerprint density at radius 1 is 0.909 bits per heavy atom. The molecule has 2 N–H and O–H groups in total. The van der Waals surface area contributed by atoms with Crippen LogP contribution in [0.1, 0.15) is 77.8 Å². The highest BCUT2D eigenvalue weighted by atomic mass is 32.2. The molecule has 0 amide bonds. The van der Waals surface area contributed by atoms with Crippen molar-refractivity contribution >= 4 is 21.4 Å². The van der Waals surface area contributed by atoms with E-state index in [1.165, 1.54) is 69.3 Å². The van der Waals surface area contributed by atoms with Gasteiger partial charge in [-0.3, -0.25) is 0 Å². The molecule has 1 aliphatic heterocycles. The summed E-state index contributed by atoms with van der Waals surface area (Å²) in [7, 11) is -3.43. The largest absolute Gasteiger partial charge is 0.317 e. The normalized spacial score (nSPS) is 15.2. The molecule has 0 bridgehead atoms. The minimum Gasteiger partial charge on any atom is -0.317 e. The van der Waals surface area contributed by atoms with Gasteiger partial charge in [0.1, 0.15) is 0 Å². The number of piperidine rings is 1. The average Bonchev–Trinajstić information content (AvgIpc) is 3.19. The Morgan fingerprint density at radius 3 is 2.21 bits per heavy atom. The van der Waals surface area contributed by atoms with E-state index < -0.39 is 10.0 Å². The number of sulfonamides is 1. The maximum atomic E-state index is 12.7. The first-order valence-corrected chi connectivity index (χ1v) is 15.0. The van der Waals surface area contributed by atoms with Crippen molar-refractivity contribution in [3.63, 3.8) is 0 Å². The maximum Gasteiger partial charge on any atom is 0.241 e. The summed E-state index contributed by atoms with van der Waals surface area (Å²) in [6.07, 6.45) is 12.0. The van der Waals surface area contributed by atoms with E-state index in [0.29, 0.717) is 11.4 Å². The van der Waals surface area contributed by atoms with Crippen LogP contribution < -0.4 is 10.0 Å². The van der Waals surface area contributed by atoms with Crippen LogP contribution in [0.4, 0.5) is 0 Å². The average molecular weight is 491 g/mol. The van der Waals surface area contributed by atoms with Gasteiger partial charge in [-0.15, -0.1) is 11.3 Å². The van der Waals surface area contributed by atoms with Gasteiger partial charge in [-0.05, 0) is 102 Å². The van der Waals surface area contributed by atoms with Crippen molar-refractivity contribution in [2.24, 2.45) is 5.92 Å². The second-order valence-corrected chi connectivity index (χ2v) is 12.7. The van der Waals surface area contributed by atoms with Crippen LogP contribution in [0.5, 0.6) is 0 Å². The van der Waals surface area contributed by atoms with Crippen LogP contribution in [0.15, 0.2) is 29.2 Å². The van der Waals surface area contributed by atoms with Gasteiger partial charge >= 0.3 is 0 Å². The van der Waals surface area contributed by atoms with Gasteiger partial charge in [-0.1, -0.05) is 43.4 Å². The van der Waals surface area contributed by atoms with Crippen LogP contribution >= 0.6 is 11.3 Å². The van der Waals surface area contributed by atoms with Gasteiger partial charge in [-0.25, -0.2) is 13.1 Å². The van der Waals surface area contributed by atoms with Gasteiger partial charge in [0.05, 0.1) is 4.90 Å². The fraction of sp³-hybridized carbons (Fsp3) is 0.630. The maximum absolute atomic E-state index is 12.7. The number of rotatable bonds is 13. The van der Waals surface area contributed by atoms with E-state index in [9.17, 15) is 8.42 Å². The molecule has 2 heterocycles. The van der Waals surface area contributed by atoms with Gasteiger partial charge in [0.15, 0.2) is 0 Å². The Hall–Kier alpha value is -1.21. The Labute approximate surface area is 205 Å². The van der Waals surface area contributed by atoms with Crippen molar-refractivity contribution in [1.82, 2.24) is 10.0 Å². The van der Waals surface area contributed by atoms with E-state index in [2.05, 4.69) is 22.2 Å². The van der Waals surface area contributed by atoms with Gasteiger partial charge in [-0.2, -0.15) is 0 Å². The lowest BCUT2D eigenvalue weighted by molar-refractivity contribution is 0.374. The molecule has 1 aliphatic rings. The van der Waals surface area contributed by atoms with Crippen LogP contribution in [0.3, 0.4) is 0 Å². The number of thiophene rings is 1. The molecule has 2 aromatic rings. The van der Waals surface area contributed by atoms with Gasteiger partial charge in [0, 0.05) is 16.3 Å². The third-order valence-corrected chi connectivity index (χ3v) is 9.61. The number of benzene rings is 1. The fourth-order valence-corrected chi connectivity index (χ4v) is 7.73. The van der Waals surface area contributed by atoms with Crippen LogP contribution in [-0.2, 0) is 22.9 Å². The second-order valence-electron chi connectivity index (χ2n) is 9.76. The standard InChI is InChI=1S/C27H42N2O2S2/c1-21-18-22(2)27(23(3)19-21)33(30,31)29-15-9-7-5-4-6-8-10-25-11-12-26(32-25)20-24-13-16-28-17-14-24/h11-12,18-19,24,28-29H,4-10,13-17,20H2,1-3H3. The van der Waals surface area contributed by atoms with E-state index >= 15 is 0 Å². The molecule has 0 unspecified atom stereocenters. The SMILES string of the molecule is Cc1cc(C)c(S(=O)(=O)NCCCCCCCCc2ccc(CC3CCNCC3)s2)c(C)c1. The number of hydrogen-bond donors (Lipinski definition) is 2. The minimum absolute atomic E-state index is 0.445. The molecular formula is C27H42N2O2S2. The van der Waals surface area contributed by atoms with Crippen molar-refractivity contribution in [2.45, 2.75) is 89.9 Å². The molecule has 6 heteroatoms. The summed E-state index contributed by atoms with van der Waals surface area (Å²) >= 11 is 2.02. The Morgan fingerprint density at radius 2 is 1.52 bits per heavy atom. The number of aryl methyl sites for hydroxylation is 4. The predicted molar refractivity (Wildman–Crippen MR) is 141 cm³/mol. The van der Waals surface area contributed by atoms with Crippen molar-refractivity contribution in [1.29, 1.82) is 0 Å². The summed E-state index contributed by atoms with van der Waals surface area (Å²) in [6, 6.07) is 8.56. The summed E-state index contributed by atoms with van der Waals surface area (Å²) in [5.74, 6) is 0.868. The van der Waals surface area contributed by atoms with E-state index in [1.54, 1.807) is 4.88 Å². The first-order chi connectivity index (χ1) is 15.8. The topological polar surface area (TPSA) is 58.2 Å². The van der Waals surface area contributed by atoms with Crippen LogP contribution in [0, 0.1) is 26.7 Å². The predicted octanol–water partition coefficient (Wildman–Crippen LogP) is 6.08. The van der Waals surface area contributed by atoms with Crippen LogP contribution in [0.25, 0.3) is 0 Å². The summed E-state index contributed by atoms with van der Waals surface area (Å²) in [5, 5.41) is 3.45. The number of nitrogens with one attached hydrogen (secondary N) is 2. The lowest BCUT2D eigenvalue weighted by Gasteiger charge is -2.21. The quantitative estimate of drug-likeness (QED) is 0.335. The van der Waals surface area contributed by atoms with Crippen molar-refractivity contribution in [3.05, 3.63) is 50.7 Å². The molecule has 1 aromatic heterocycles. The molecule has 4 nitrogen and oxygen atoms in total. The first kappa shape index (κ1) is 26.4. The summed E-state index contributed by atoms with van der Waals surface area (Å²) < 4.78 is 28.2. The minimum atomic E-state index is -3.43. The molecule has 1 saturated heterocycles. The molecule has 0 aliphatic carbocycles. The molecule has 3 rings (SSSR count). The molecule has 0 saturated carbocycles. The van der Waals surface area contributed by atoms with Gasteiger partial charge in [0.2, 0.25) is 10.0 Å². The number of hydrogen-bond acceptors (Lipinski definition) is 4. The number of unbranched alkanes of at least 4 members (excludes halogenated alkanes) is 5. The zero-order valence-corrected chi connectivity index (χ0v) is 22.3. The lowest BCUT2D eigenvalue weighted by atomic mass is 9.94. The first-order valence-electron chi connectivity index (χ1n) is 12.7. The fourth-order valence-electron chi connectivity index (χ4n) is 5.04. The summed E-state index contributed by atoms with van der Waals surface area (Å²) in [4.78, 5) is 3.55. The second kappa shape index (κ2) is 13.0. The Bertz CT molecular complexity index is 953. The highest BCUT2D eigenvalue weighted by molar-refractivity contribution is 7.89. The van der Waals surface area contributed by atoms with E-state index in [1.807, 2.05) is 44.2 Å². The van der Waals surface area contributed by atoms with Crippen LogP contribution in [0.2, 0.25) is 0 Å². The third kappa shape index (κ3) is 8.50. The highest BCUT2D eigenvalue weighted by Gasteiger charge is 2.19. The van der Waals surface area contributed by atoms with Crippen molar-refractivity contribution < 1.29 is 8.42 Å². The van der Waals surface area contributed by atoms with Crippen LogP contribution in [-0.4, -0.2) is 28.1 Å². The zero-order chi connectivity index (χ0) is 23.7. The monoisotopic (exact) mass is 490 g/mol. The van der Waals surface area contributed by atoms with Crippen molar-refractivity contribution in [2.75, 3.05) is 19.6 Å². The van der Waals surface area contributed by atoms with E-state index in [4.69, 9.17) is 0 Å². The molecule has 0 atom stereocenters. The Kier molecular flexibility index (Phi) is 10.4. The van der Waals surface area contributed by atoms with E-state index in [0.717, 1.165) is 35.4 Å². The Balaban J connectivity index is 1.25. The lowest BCUT2D eigenvalue weighted by Crippen LogP contribution is -2.28. The smallest absolute Gasteiger partial charge is 0.241 e. The van der Waals surface area contributed by atoms with Gasteiger partial charge in [0.25, 0.3) is 0 Å². The molecule has 184 valence electrons. The third-order valence-electron chi connectivity index (χ3n) is 6.68. The molecule has 0 spiro atoms. The molecule has 1 aromatic carbocycles. The van der Waals surface area contributed by atoms with E-state index in [-0.39, 0.29) is 0 Å².